The molecule has 0 fully saturated rings. The van der Waals surface area contributed by atoms with Gasteiger partial charge in [-0.15, -0.1) is 0 Å². The average molecular weight is 451 g/mol. The predicted octanol–water partition coefficient (Wildman–Crippen LogP) is 5.43. The largest absolute Gasteiger partial charge is 0.354 e. The Bertz CT molecular complexity index is 938. The molecular weight excluding hydrogens is 415 g/mol. The Morgan fingerprint density at radius 3 is 2.36 bits per heavy atom. The van der Waals surface area contributed by atoms with E-state index in [-0.39, 0.29) is 30.1 Å². The second-order valence-corrected chi connectivity index (χ2v) is 9.10. The molecule has 0 bridgehead atoms. The first-order valence-corrected chi connectivity index (χ1v) is 12.0. The summed E-state index contributed by atoms with van der Waals surface area (Å²) in [6, 6.07) is 15.2. The lowest BCUT2D eigenvalue weighted by molar-refractivity contribution is -0.143. The van der Waals surface area contributed by atoms with Gasteiger partial charge in [-0.25, -0.2) is 4.39 Å². The van der Waals surface area contributed by atoms with Crippen molar-refractivity contribution in [3.8, 4) is 0 Å². The summed E-state index contributed by atoms with van der Waals surface area (Å²) in [4.78, 5) is 28.3. The number of hydrogen-bond donors (Lipinski definition) is 1. The Morgan fingerprint density at radius 2 is 1.73 bits per heavy atom. The van der Waals surface area contributed by atoms with E-state index in [4.69, 9.17) is 0 Å². The molecule has 5 heteroatoms. The molecule has 2 aromatic rings. The van der Waals surface area contributed by atoms with Crippen LogP contribution in [0.3, 0.4) is 0 Å². The summed E-state index contributed by atoms with van der Waals surface area (Å²) < 4.78 is 13.4. The van der Waals surface area contributed by atoms with E-state index in [9.17, 15) is 14.0 Å². The predicted molar refractivity (Wildman–Crippen MR) is 130 cm³/mol. The lowest BCUT2D eigenvalue weighted by atomic mass is 9.97. The van der Waals surface area contributed by atoms with Crippen molar-refractivity contribution in [2.45, 2.75) is 65.0 Å². The van der Waals surface area contributed by atoms with Crippen molar-refractivity contribution in [1.82, 2.24) is 10.2 Å². The Labute approximate surface area is 196 Å². The molecule has 0 heterocycles. The van der Waals surface area contributed by atoms with Crippen LogP contribution in [0.1, 0.15) is 57.1 Å². The Hall–Kier alpha value is -2.95. The standard InChI is InChI=1S/C28H35FN2O2/c1-21(2)28(33)31(20-24-13-15-25(29)16-14-24)26(19-23-11-7-4-8-12-23)27(32)30-18-17-22-9-5-3-6-10-22/h4,7-9,11-16,21,26H,3,5-6,10,17-20H2,1-2H3,(H,30,32)/t26-/m0/s1. The molecule has 33 heavy (non-hydrogen) atoms. The van der Waals surface area contributed by atoms with Crippen LogP contribution in [0.15, 0.2) is 66.2 Å². The smallest absolute Gasteiger partial charge is 0.243 e. The molecule has 0 saturated heterocycles. The van der Waals surface area contributed by atoms with Gasteiger partial charge < -0.3 is 10.2 Å². The van der Waals surface area contributed by atoms with Gasteiger partial charge >= 0.3 is 0 Å². The lowest BCUT2D eigenvalue weighted by Crippen LogP contribution is -2.51. The second kappa shape index (κ2) is 12.3. The maximum Gasteiger partial charge on any atom is 0.243 e. The molecule has 2 aromatic carbocycles. The minimum atomic E-state index is -0.646. The summed E-state index contributed by atoms with van der Waals surface area (Å²) in [5.41, 5.74) is 3.19. The van der Waals surface area contributed by atoms with Crippen molar-refractivity contribution >= 4 is 11.8 Å². The van der Waals surface area contributed by atoms with Gasteiger partial charge in [-0.05, 0) is 55.4 Å². The number of halogens is 1. The fourth-order valence-electron chi connectivity index (χ4n) is 4.24. The van der Waals surface area contributed by atoms with Crippen molar-refractivity contribution < 1.29 is 14.0 Å². The van der Waals surface area contributed by atoms with Crippen molar-refractivity contribution in [2.24, 2.45) is 5.92 Å². The number of carbonyl (C=O) groups excluding carboxylic acids is 2. The van der Waals surface area contributed by atoms with Crippen LogP contribution in [-0.2, 0) is 22.6 Å². The van der Waals surface area contributed by atoms with Crippen LogP contribution in [0, 0.1) is 11.7 Å². The first-order chi connectivity index (χ1) is 15.9. The molecule has 0 aliphatic heterocycles. The van der Waals surface area contributed by atoms with Crippen molar-refractivity contribution in [3.63, 3.8) is 0 Å². The average Bonchev–Trinajstić information content (AvgIpc) is 2.83. The highest BCUT2D eigenvalue weighted by Gasteiger charge is 2.31. The number of hydrogen-bond acceptors (Lipinski definition) is 2. The molecular formula is C28H35FN2O2. The Morgan fingerprint density at radius 1 is 1.00 bits per heavy atom. The summed E-state index contributed by atoms with van der Waals surface area (Å²) in [5.74, 6) is -0.822. The zero-order valence-electron chi connectivity index (χ0n) is 19.7. The van der Waals surface area contributed by atoms with E-state index in [1.54, 1.807) is 17.0 Å². The molecule has 1 atom stereocenters. The lowest BCUT2D eigenvalue weighted by Gasteiger charge is -2.33. The second-order valence-electron chi connectivity index (χ2n) is 9.10. The van der Waals surface area contributed by atoms with E-state index in [0.717, 1.165) is 30.4 Å². The van der Waals surface area contributed by atoms with Crippen LogP contribution in [0.5, 0.6) is 0 Å². The van der Waals surface area contributed by atoms with Gasteiger partial charge in [0, 0.05) is 25.4 Å². The number of benzene rings is 2. The van der Waals surface area contributed by atoms with E-state index < -0.39 is 6.04 Å². The molecule has 0 aromatic heterocycles. The first kappa shape index (κ1) is 24.7. The van der Waals surface area contributed by atoms with Crippen molar-refractivity contribution in [3.05, 3.63) is 83.2 Å². The third kappa shape index (κ3) is 7.55. The third-order valence-electron chi connectivity index (χ3n) is 6.12. The molecule has 176 valence electrons. The van der Waals surface area contributed by atoms with Gasteiger partial charge in [0.2, 0.25) is 11.8 Å². The minimum absolute atomic E-state index is 0.0922. The van der Waals surface area contributed by atoms with Gasteiger partial charge in [0.05, 0.1) is 0 Å². The highest BCUT2D eigenvalue weighted by atomic mass is 19.1. The topological polar surface area (TPSA) is 49.4 Å². The highest BCUT2D eigenvalue weighted by molar-refractivity contribution is 5.88. The molecule has 0 unspecified atom stereocenters. The molecule has 1 aliphatic carbocycles. The summed E-state index contributed by atoms with van der Waals surface area (Å²) in [6.45, 7) is 4.50. The molecule has 3 rings (SSSR count). The Balaban J connectivity index is 1.80. The van der Waals surface area contributed by atoms with Gasteiger partial charge in [0.1, 0.15) is 11.9 Å². The number of carbonyl (C=O) groups is 2. The molecule has 0 radical (unpaired) electrons. The monoisotopic (exact) mass is 450 g/mol. The number of nitrogens with zero attached hydrogens (tertiary/aromatic N) is 1. The maximum atomic E-state index is 13.4. The molecule has 4 nitrogen and oxygen atoms in total. The SMILES string of the molecule is CC(C)C(=O)N(Cc1ccc(F)cc1)[C@@H](Cc1ccccc1)C(=O)NCCC1=CCCCC1. The zero-order chi connectivity index (χ0) is 23.6. The van der Waals surface area contributed by atoms with Crippen molar-refractivity contribution in [1.29, 1.82) is 0 Å². The number of rotatable bonds is 10. The maximum absolute atomic E-state index is 13.4. The molecule has 0 saturated carbocycles. The molecule has 1 N–H and O–H groups in total. The van der Waals surface area contributed by atoms with Crippen LogP contribution < -0.4 is 5.32 Å². The van der Waals surface area contributed by atoms with Crippen LogP contribution in [0.4, 0.5) is 4.39 Å². The van der Waals surface area contributed by atoms with Crippen molar-refractivity contribution in [2.75, 3.05) is 6.54 Å². The third-order valence-corrected chi connectivity index (χ3v) is 6.12. The summed E-state index contributed by atoms with van der Waals surface area (Å²) in [7, 11) is 0. The molecule has 1 aliphatic rings. The van der Waals surface area contributed by atoms with E-state index in [1.165, 1.54) is 30.5 Å². The van der Waals surface area contributed by atoms with E-state index in [0.29, 0.717) is 13.0 Å². The summed E-state index contributed by atoms with van der Waals surface area (Å²) in [5, 5.41) is 3.09. The molecule has 0 spiro atoms. The fourth-order valence-corrected chi connectivity index (χ4v) is 4.24. The highest BCUT2D eigenvalue weighted by Crippen LogP contribution is 2.20. The summed E-state index contributed by atoms with van der Waals surface area (Å²) in [6.07, 6.45) is 8.24. The van der Waals surface area contributed by atoms with Crippen LogP contribution in [0.2, 0.25) is 0 Å². The Kier molecular flexibility index (Phi) is 9.23. The van der Waals surface area contributed by atoms with Gasteiger partial charge in [-0.3, -0.25) is 9.59 Å². The fraction of sp³-hybridized carbons (Fsp3) is 0.429. The van der Waals surface area contributed by atoms with E-state index in [2.05, 4.69) is 11.4 Å². The van der Waals surface area contributed by atoms with Crippen LogP contribution >= 0.6 is 0 Å². The first-order valence-electron chi connectivity index (χ1n) is 12.0. The van der Waals surface area contributed by atoms with Crippen LogP contribution in [-0.4, -0.2) is 29.3 Å². The van der Waals surface area contributed by atoms with E-state index in [1.807, 2.05) is 44.2 Å². The van der Waals surface area contributed by atoms with Crippen LogP contribution in [0.25, 0.3) is 0 Å². The van der Waals surface area contributed by atoms with Gasteiger partial charge in [0.25, 0.3) is 0 Å². The molecule has 2 amide bonds. The number of nitrogens with one attached hydrogen (secondary N) is 1. The van der Waals surface area contributed by atoms with E-state index >= 15 is 0 Å². The van der Waals surface area contributed by atoms with Gasteiger partial charge in [-0.1, -0.05) is 68.0 Å². The summed E-state index contributed by atoms with van der Waals surface area (Å²) >= 11 is 0. The minimum Gasteiger partial charge on any atom is -0.354 e. The number of allylic oxidation sites excluding steroid dienone is 1. The van der Waals surface area contributed by atoms with Gasteiger partial charge in [-0.2, -0.15) is 0 Å². The normalized spacial score (nSPS) is 14.5. The number of amides is 2. The van der Waals surface area contributed by atoms with Gasteiger partial charge in [0.15, 0.2) is 0 Å². The zero-order valence-corrected chi connectivity index (χ0v) is 19.7. The quantitative estimate of drug-likeness (QED) is 0.491.